The van der Waals surface area contributed by atoms with Crippen LogP contribution in [0.5, 0.6) is 11.5 Å². The number of nitrogens with one attached hydrogen (secondary N) is 1. The minimum absolute atomic E-state index is 0.0590. The largest absolute Gasteiger partial charge is 0.490 e. The van der Waals surface area contributed by atoms with Gasteiger partial charge in [0.1, 0.15) is 0 Å². The Kier molecular flexibility index (Phi) is 7.60. The molecular weight excluding hydrogens is 406 g/mol. The number of hydrogen-bond donors (Lipinski definition) is 1. The molecule has 1 aromatic carbocycles. The number of rotatable bonds is 10. The zero-order chi connectivity index (χ0) is 22.2. The maximum Gasteiger partial charge on any atom is 0.338 e. The van der Waals surface area contributed by atoms with E-state index >= 15 is 0 Å². The number of amides is 1. The van der Waals surface area contributed by atoms with Crippen molar-refractivity contribution in [3.63, 3.8) is 0 Å². The molecule has 10 heteroatoms. The molecule has 0 saturated carbocycles. The number of carbonyl (C=O) groups is 1. The topological polar surface area (TPSA) is 126 Å². The average Bonchev–Trinajstić information content (AvgIpc) is 3.39. The van der Waals surface area contributed by atoms with Gasteiger partial charge in [-0.2, -0.15) is 0 Å². The van der Waals surface area contributed by atoms with Crippen LogP contribution in [-0.4, -0.2) is 48.5 Å². The molecule has 1 atom stereocenters. The fourth-order valence-corrected chi connectivity index (χ4v) is 3.13. The molecule has 0 radical (unpaired) electrons. The first-order chi connectivity index (χ1) is 15.0. The van der Waals surface area contributed by atoms with E-state index in [0.717, 1.165) is 19.4 Å². The molecule has 2 aromatic rings. The SMILES string of the molecule is CCOc1cc(/C=C/c2onc(C)c2[N+](=O)[O-])ccc1OCC(=O)NC[C@@H]1CCCO1. The highest BCUT2D eigenvalue weighted by Gasteiger charge is 2.22. The van der Waals surface area contributed by atoms with E-state index in [1.54, 1.807) is 24.3 Å². The molecule has 0 bridgehead atoms. The molecule has 0 aliphatic carbocycles. The van der Waals surface area contributed by atoms with Gasteiger partial charge in [-0.3, -0.25) is 14.9 Å². The number of nitrogens with zero attached hydrogens (tertiary/aromatic N) is 2. The van der Waals surface area contributed by atoms with E-state index in [1.807, 2.05) is 6.92 Å². The smallest absolute Gasteiger partial charge is 0.338 e. The molecule has 1 amide bonds. The summed E-state index contributed by atoms with van der Waals surface area (Å²) in [6.07, 6.45) is 5.15. The third kappa shape index (κ3) is 6.05. The number of nitro groups is 1. The van der Waals surface area contributed by atoms with Crippen molar-refractivity contribution in [2.75, 3.05) is 26.4 Å². The van der Waals surface area contributed by atoms with E-state index in [1.165, 1.54) is 13.0 Å². The van der Waals surface area contributed by atoms with Crippen LogP contribution in [0.4, 0.5) is 5.69 Å². The van der Waals surface area contributed by atoms with Crippen LogP contribution in [-0.2, 0) is 9.53 Å². The maximum absolute atomic E-state index is 12.0. The van der Waals surface area contributed by atoms with Crippen LogP contribution in [0.1, 0.15) is 36.8 Å². The number of carbonyl (C=O) groups excluding carboxylic acids is 1. The normalized spacial score (nSPS) is 15.9. The first kappa shape index (κ1) is 22.3. The molecule has 1 N–H and O–H groups in total. The number of aromatic nitrogens is 1. The zero-order valence-electron chi connectivity index (χ0n) is 17.5. The Hall–Kier alpha value is -3.40. The van der Waals surface area contributed by atoms with Gasteiger partial charge < -0.3 is 24.1 Å². The van der Waals surface area contributed by atoms with Gasteiger partial charge >= 0.3 is 5.69 Å². The van der Waals surface area contributed by atoms with Crippen LogP contribution in [0.25, 0.3) is 12.2 Å². The molecular formula is C21H25N3O7. The first-order valence-corrected chi connectivity index (χ1v) is 10.0. The third-order valence-electron chi connectivity index (χ3n) is 4.64. The van der Waals surface area contributed by atoms with Gasteiger partial charge in [0.25, 0.3) is 5.91 Å². The van der Waals surface area contributed by atoms with Crippen molar-refractivity contribution in [1.82, 2.24) is 10.5 Å². The summed E-state index contributed by atoms with van der Waals surface area (Å²) in [5.41, 5.74) is 0.749. The van der Waals surface area contributed by atoms with Crippen LogP contribution < -0.4 is 14.8 Å². The molecule has 0 spiro atoms. The number of ether oxygens (including phenoxy) is 3. The van der Waals surface area contributed by atoms with Gasteiger partial charge in [0.2, 0.25) is 5.76 Å². The summed E-state index contributed by atoms with van der Waals surface area (Å²) in [6.45, 7) is 4.81. The van der Waals surface area contributed by atoms with Crippen LogP contribution in [0.3, 0.4) is 0 Å². The lowest BCUT2D eigenvalue weighted by molar-refractivity contribution is -0.386. The average molecular weight is 431 g/mol. The van der Waals surface area contributed by atoms with Gasteiger partial charge in [0.15, 0.2) is 23.8 Å². The Morgan fingerprint density at radius 3 is 2.90 bits per heavy atom. The Morgan fingerprint density at radius 1 is 1.35 bits per heavy atom. The third-order valence-corrected chi connectivity index (χ3v) is 4.64. The van der Waals surface area contributed by atoms with Crippen molar-refractivity contribution in [2.24, 2.45) is 0 Å². The Labute approximate surface area is 179 Å². The molecule has 166 valence electrons. The van der Waals surface area contributed by atoms with Crippen LogP contribution in [0.2, 0.25) is 0 Å². The minimum Gasteiger partial charge on any atom is -0.490 e. The highest BCUT2D eigenvalue weighted by atomic mass is 16.6. The quantitative estimate of drug-likeness (QED) is 0.449. The van der Waals surface area contributed by atoms with Crippen molar-refractivity contribution < 1.29 is 28.5 Å². The summed E-state index contributed by atoms with van der Waals surface area (Å²) >= 11 is 0. The molecule has 1 fully saturated rings. The molecule has 31 heavy (non-hydrogen) atoms. The molecule has 1 aliphatic heterocycles. The highest BCUT2D eigenvalue weighted by Crippen LogP contribution is 2.30. The summed E-state index contributed by atoms with van der Waals surface area (Å²) in [4.78, 5) is 22.7. The van der Waals surface area contributed by atoms with Crippen molar-refractivity contribution in [3.8, 4) is 11.5 Å². The predicted octanol–water partition coefficient (Wildman–Crippen LogP) is 3.13. The Bertz CT molecular complexity index is 948. The molecule has 3 rings (SSSR count). The first-order valence-electron chi connectivity index (χ1n) is 10.0. The second-order valence-corrected chi connectivity index (χ2v) is 6.94. The van der Waals surface area contributed by atoms with Crippen LogP contribution in [0.15, 0.2) is 22.7 Å². The Morgan fingerprint density at radius 2 is 2.19 bits per heavy atom. The van der Waals surface area contributed by atoms with Gasteiger partial charge in [0.05, 0.1) is 17.6 Å². The van der Waals surface area contributed by atoms with E-state index < -0.39 is 4.92 Å². The summed E-state index contributed by atoms with van der Waals surface area (Å²) in [5.74, 6) is 0.700. The maximum atomic E-state index is 12.0. The van der Waals surface area contributed by atoms with Gasteiger partial charge in [0, 0.05) is 13.2 Å². The van der Waals surface area contributed by atoms with E-state index in [4.69, 9.17) is 18.7 Å². The minimum atomic E-state index is -0.530. The zero-order valence-corrected chi connectivity index (χ0v) is 17.5. The molecule has 1 aliphatic rings. The molecule has 1 saturated heterocycles. The number of hydrogen-bond acceptors (Lipinski definition) is 8. The molecule has 0 unspecified atom stereocenters. The fourth-order valence-electron chi connectivity index (χ4n) is 3.13. The van der Waals surface area contributed by atoms with Crippen LogP contribution >= 0.6 is 0 Å². The highest BCUT2D eigenvalue weighted by molar-refractivity contribution is 5.77. The fraction of sp³-hybridized carbons (Fsp3) is 0.429. The van der Waals surface area contributed by atoms with Crippen molar-refractivity contribution in [1.29, 1.82) is 0 Å². The van der Waals surface area contributed by atoms with Crippen molar-refractivity contribution in [2.45, 2.75) is 32.8 Å². The molecule has 1 aromatic heterocycles. The number of aryl methyl sites for hydroxylation is 1. The standard InChI is InChI=1S/C21H25N3O7/c1-3-28-19-11-15(7-9-18-21(24(26)27)14(2)23-31-18)6-8-17(19)30-13-20(25)22-12-16-5-4-10-29-16/h6-9,11,16H,3-5,10,12-13H2,1-2H3,(H,22,25)/b9-7+/t16-/m0/s1. The van der Waals surface area contributed by atoms with E-state index in [2.05, 4.69) is 10.5 Å². The lowest BCUT2D eigenvalue weighted by Crippen LogP contribution is -2.35. The summed E-state index contributed by atoms with van der Waals surface area (Å²) in [6, 6.07) is 5.14. The van der Waals surface area contributed by atoms with Gasteiger partial charge in [-0.15, -0.1) is 0 Å². The summed E-state index contributed by atoms with van der Waals surface area (Å²) in [5, 5.41) is 17.6. The second kappa shape index (κ2) is 10.6. The van der Waals surface area contributed by atoms with Crippen molar-refractivity contribution >= 4 is 23.7 Å². The van der Waals surface area contributed by atoms with Crippen molar-refractivity contribution in [3.05, 3.63) is 45.3 Å². The van der Waals surface area contributed by atoms with E-state index in [9.17, 15) is 14.9 Å². The predicted molar refractivity (Wildman–Crippen MR) is 112 cm³/mol. The second-order valence-electron chi connectivity index (χ2n) is 6.94. The lowest BCUT2D eigenvalue weighted by atomic mass is 10.1. The monoisotopic (exact) mass is 431 g/mol. The Balaban J connectivity index is 1.63. The summed E-state index contributed by atoms with van der Waals surface area (Å²) < 4.78 is 21.7. The van der Waals surface area contributed by atoms with Crippen LogP contribution in [0, 0.1) is 17.0 Å². The number of benzene rings is 1. The molecule has 2 heterocycles. The van der Waals surface area contributed by atoms with Gasteiger partial charge in [-0.25, -0.2) is 0 Å². The molecule has 10 nitrogen and oxygen atoms in total. The lowest BCUT2D eigenvalue weighted by Gasteiger charge is -2.14. The summed E-state index contributed by atoms with van der Waals surface area (Å²) in [7, 11) is 0. The van der Waals surface area contributed by atoms with E-state index in [-0.39, 0.29) is 35.8 Å². The van der Waals surface area contributed by atoms with Gasteiger partial charge in [-0.1, -0.05) is 17.3 Å². The van der Waals surface area contributed by atoms with Gasteiger partial charge in [-0.05, 0) is 50.5 Å². The van der Waals surface area contributed by atoms with E-state index in [0.29, 0.717) is 30.2 Å².